The first kappa shape index (κ1) is 11.0. The van der Waals surface area contributed by atoms with E-state index in [1.165, 1.54) is 24.0 Å². The number of anilines is 1. The van der Waals surface area contributed by atoms with Crippen LogP contribution in [0, 0.1) is 0 Å². The molecule has 0 heterocycles. The minimum atomic E-state index is -0.111. The van der Waals surface area contributed by atoms with Crippen molar-refractivity contribution in [3.05, 3.63) is 29.3 Å². The summed E-state index contributed by atoms with van der Waals surface area (Å²) in [5.74, 6) is 0. The highest BCUT2D eigenvalue weighted by Crippen LogP contribution is 2.24. The summed E-state index contributed by atoms with van der Waals surface area (Å²) >= 11 is 0. The van der Waals surface area contributed by atoms with E-state index in [0.29, 0.717) is 0 Å². The standard InChI is InChI=1S/C13H18N2O/c1-2-8-14-13(16)15-12-7-6-10-4-3-5-11(10)9-12/h6-7,9H,2-5,8H2,1H3,(H2,14,15,16). The highest BCUT2D eigenvalue weighted by Gasteiger charge is 2.11. The molecule has 0 saturated heterocycles. The van der Waals surface area contributed by atoms with E-state index in [0.717, 1.165) is 25.1 Å². The summed E-state index contributed by atoms with van der Waals surface area (Å²) in [6.07, 6.45) is 4.51. The average molecular weight is 218 g/mol. The Morgan fingerprint density at radius 2 is 2.12 bits per heavy atom. The molecule has 1 aliphatic carbocycles. The highest BCUT2D eigenvalue weighted by atomic mass is 16.2. The first-order valence-corrected chi connectivity index (χ1v) is 5.96. The maximum Gasteiger partial charge on any atom is 0.319 e. The number of rotatable bonds is 3. The molecule has 0 saturated carbocycles. The van der Waals surface area contributed by atoms with E-state index < -0.39 is 0 Å². The topological polar surface area (TPSA) is 41.1 Å². The summed E-state index contributed by atoms with van der Waals surface area (Å²) in [5.41, 5.74) is 3.71. The van der Waals surface area contributed by atoms with Crippen LogP contribution in [0.5, 0.6) is 0 Å². The SMILES string of the molecule is CCCNC(=O)Nc1ccc2c(c1)CCC2. The molecule has 1 aromatic carbocycles. The van der Waals surface area contributed by atoms with Gasteiger partial charge in [-0.15, -0.1) is 0 Å². The van der Waals surface area contributed by atoms with Crippen molar-refractivity contribution in [3.8, 4) is 0 Å². The van der Waals surface area contributed by atoms with Gasteiger partial charge in [0.25, 0.3) is 0 Å². The number of nitrogens with one attached hydrogen (secondary N) is 2. The van der Waals surface area contributed by atoms with Crippen molar-refractivity contribution < 1.29 is 4.79 Å². The maximum atomic E-state index is 11.4. The minimum Gasteiger partial charge on any atom is -0.338 e. The Bertz CT molecular complexity index is 388. The zero-order valence-electron chi connectivity index (χ0n) is 9.68. The van der Waals surface area contributed by atoms with E-state index in [2.05, 4.69) is 22.8 Å². The summed E-state index contributed by atoms with van der Waals surface area (Å²) in [6, 6.07) is 6.08. The van der Waals surface area contributed by atoms with Gasteiger partial charge in [0.05, 0.1) is 0 Å². The summed E-state index contributed by atoms with van der Waals surface area (Å²) in [6.45, 7) is 2.76. The Labute approximate surface area is 96.2 Å². The van der Waals surface area contributed by atoms with Gasteiger partial charge in [0.2, 0.25) is 0 Å². The summed E-state index contributed by atoms with van der Waals surface area (Å²) in [7, 11) is 0. The first-order chi connectivity index (χ1) is 7.79. The van der Waals surface area contributed by atoms with Gasteiger partial charge >= 0.3 is 6.03 Å². The van der Waals surface area contributed by atoms with Crippen LogP contribution < -0.4 is 10.6 Å². The summed E-state index contributed by atoms with van der Waals surface area (Å²) in [5, 5.41) is 5.65. The van der Waals surface area contributed by atoms with Crippen LogP contribution in [-0.4, -0.2) is 12.6 Å². The number of aryl methyl sites for hydroxylation is 2. The number of benzene rings is 1. The molecule has 0 radical (unpaired) electrons. The lowest BCUT2D eigenvalue weighted by molar-refractivity contribution is 0.252. The van der Waals surface area contributed by atoms with Crippen molar-refractivity contribution in [2.45, 2.75) is 32.6 Å². The molecule has 2 amide bonds. The minimum absolute atomic E-state index is 0.111. The van der Waals surface area contributed by atoms with E-state index in [4.69, 9.17) is 0 Å². The molecular formula is C13H18N2O. The fourth-order valence-electron chi connectivity index (χ4n) is 2.06. The second kappa shape index (κ2) is 5.01. The molecule has 0 fully saturated rings. The van der Waals surface area contributed by atoms with Crippen LogP contribution in [0.1, 0.15) is 30.9 Å². The van der Waals surface area contributed by atoms with Gasteiger partial charge in [-0.3, -0.25) is 0 Å². The molecule has 0 unspecified atom stereocenters. The second-order valence-electron chi connectivity index (χ2n) is 4.22. The zero-order valence-corrected chi connectivity index (χ0v) is 9.68. The molecule has 0 spiro atoms. The van der Waals surface area contributed by atoms with Crippen LogP contribution in [0.15, 0.2) is 18.2 Å². The summed E-state index contributed by atoms with van der Waals surface area (Å²) in [4.78, 5) is 11.4. The van der Waals surface area contributed by atoms with Gasteiger partial charge in [0.1, 0.15) is 0 Å². The van der Waals surface area contributed by atoms with Crippen LogP contribution in [0.4, 0.5) is 10.5 Å². The molecular weight excluding hydrogens is 200 g/mol. The lowest BCUT2D eigenvalue weighted by Gasteiger charge is -2.08. The van der Waals surface area contributed by atoms with E-state index in [-0.39, 0.29) is 6.03 Å². The first-order valence-electron chi connectivity index (χ1n) is 5.96. The van der Waals surface area contributed by atoms with Gasteiger partial charge in [-0.05, 0) is 48.9 Å². The number of fused-ring (bicyclic) bond motifs is 1. The fourth-order valence-corrected chi connectivity index (χ4v) is 2.06. The van der Waals surface area contributed by atoms with Gasteiger partial charge in [-0.25, -0.2) is 4.79 Å². The van der Waals surface area contributed by atoms with Gasteiger partial charge in [0, 0.05) is 12.2 Å². The molecule has 0 atom stereocenters. The predicted molar refractivity (Wildman–Crippen MR) is 65.8 cm³/mol. The Kier molecular flexibility index (Phi) is 3.44. The Morgan fingerprint density at radius 3 is 2.94 bits per heavy atom. The molecule has 2 N–H and O–H groups in total. The number of carbonyl (C=O) groups is 1. The van der Waals surface area contributed by atoms with Gasteiger partial charge in [0.15, 0.2) is 0 Å². The molecule has 3 nitrogen and oxygen atoms in total. The van der Waals surface area contributed by atoms with Crippen molar-refractivity contribution in [3.63, 3.8) is 0 Å². The zero-order chi connectivity index (χ0) is 11.4. The smallest absolute Gasteiger partial charge is 0.319 e. The van der Waals surface area contributed by atoms with Crippen molar-refractivity contribution in [1.82, 2.24) is 5.32 Å². The molecule has 0 aliphatic heterocycles. The van der Waals surface area contributed by atoms with Crippen molar-refractivity contribution in [2.24, 2.45) is 0 Å². The largest absolute Gasteiger partial charge is 0.338 e. The third-order valence-corrected chi connectivity index (χ3v) is 2.89. The lowest BCUT2D eigenvalue weighted by Crippen LogP contribution is -2.29. The van der Waals surface area contributed by atoms with Gasteiger partial charge in [-0.2, -0.15) is 0 Å². The second-order valence-corrected chi connectivity index (χ2v) is 4.22. The monoisotopic (exact) mass is 218 g/mol. The number of amides is 2. The molecule has 1 aliphatic rings. The van der Waals surface area contributed by atoms with Crippen LogP contribution in [0.2, 0.25) is 0 Å². The van der Waals surface area contributed by atoms with E-state index in [1.807, 2.05) is 13.0 Å². The quantitative estimate of drug-likeness (QED) is 0.804. The van der Waals surface area contributed by atoms with Crippen LogP contribution in [0.25, 0.3) is 0 Å². The fraction of sp³-hybridized carbons (Fsp3) is 0.462. The Balaban J connectivity index is 1.97. The van der Waals surface area contributed by atoms with Crippen LogP contribution in [0.3, 0.4) is 0 Å². The highest BCUT2D eigenvalue weighted by molar-refractivity contribution is 5.89. The number of urea groups is 1. The van der Waals surface area contributed by atoms with Crippen molar-refractivity contribution in [1.29, 1.82) is 0 Å². The molecule has 0 aromatic heterocycles. The average Bonchev–Trinajstić information content (AvgIpc) is 2.73. The van der Waals surface area contributed by atoms with Crippen molar-refractivity contribution >= 4 is 11.7 Å². The number of hydrogen-bond acceptors (Lipinski definition) is 1. The van der Waals surface area contributed by atoms with E-state index in [9.17, 15) is 4.79 Å². The molecule has 2 rings (SSSR count). The molecule has 16 heavy (non-hydrogen) atoms. The third kappa shape index (κ3) is 2.54. The normalized spacial score (nSPS) is 13.3. The van der Waals surface area contributed by atoms with Crippen LogP contribution >= 0.6 is 0 Å². The number of hydrogen-bond donors (Lipinski definition) is 2. The Hall–Kier alpha value is -1.51. The molecule has 1 aromatic rings. The van der Waals surface area contributed by atoms with Crippen molar-refractivity contribution in [2.75, 3.05) is 11.9 Å². The van der Waals surface area contributed by atoms with Gasteiger partial charge < -0.3 is 10.6 Å². The molecule has 3 heteroatoms. The molecule has 0 bridgehead atoms. The summed E-state index contributed by atoms with van der Waals surface area (Å²) < 4.78 is 0. The molecule has 86 valence electrons. The van der Waals surface area contributed by atoms with Gasteiger partial charge in [-0.1, -0.05) is 13.0 Å². The Morgan fingerprint density at radius 1 is 1.31 bits per heavy atom. The number of carbonyl (C=O) groups excluding carboxylic acids is 1. The van der Waals surface area contributed by atoms with E-state index in [1.54, 1.807) is 0 Å². The predicted octanol–water partition coefficient (Wildman–Crippen LogP) is 2.71. The van der Waals surface area contributed by atoms with E-state index >= 15 is 0 Å². The lowest BCUT2D eigenvalue weighted by atomic mass is 10.1. The van der Waals surface area contributed by atoms with Crippen LogP contribution in [-0.2, 0) is 12.8 Å². The third-order valence-electron chi connectivity index (χ3n) is 2.89. The maximum absolute atomic E-state index is 11.4.